The third kappa shape index (κ3) is 5.57. The van der Waals surface area contributed by atoms with E-state index in [1.807, 2.05) is 39.8 Å². The highest BCUT2D eigenvalue weighted by Gasteiger charge is 2.28. The maximum Gasteiger partial charge on any atom is 0.264 e. The molecule has 0 aliphatic rings. The van der Waals surface area contributed by atoms with Gasteiger partial charge in [0, 0.05) is 5.02 Å². The number of hydrogen-bond donors (Lipinski definition) is 1. The van der Waals surface area contributed by atoms with Gasteiger partial charge < -0.3 is 5.32 Å². The molecule has 0 fully saturated rings. The van der Waals surface area contributed by atoms with Crippen LogP contribution in [0.3, 0.4) is 0 Å². The minimum Gasteiger partial charge on any atom is -0.348 e. The first-order chi connectivity index (χ1) is 15.5. The molecule has 0 spiro atoms. The zero-order valence-corrected chi connectivity index (χ0v) is 21.1. The molecular weight excluding hydrogens is 456 g/mol. The summed E-state index contributed by atoms with van der Waals surface area (Å²) in [6, 6.07) is 16.9. The fraction of sp³-hybridized carbons (Fsp3) is 0.269. The minimum atomic E-state index is -4.00. The molecule has 0 aliphatic heterocycles. The van der Waals surface area contributed by atoms with Gasteiger partial charge in [-0.3, -0.25) is 9.10 Å². The van der Waals surface area contributed by atoms with E-state index in [0.717, 1.165) is 26.6 Å². The fourth-order valence-electron chi connectivity index (χ4n) is 3.82. The van der Waals surface area contributed by atoms with Gasteiger partial charge in [-0.05, 0) is 92.8 Å². The quantitative estimate of drug-likeness (QED) is 0.471. The van der Waals surface area contributed by atoms with Gasteiger partial charge in [0.1, 0.15) is 6.54 Å². The molecule has 3 aromatic rings. The summed E-state index contributed by atoms with van der Waals surface area (Å²) in [7, 11) is -4.00. The Morgan fingerprint density at radius 1 is 0.909 bits per heavy atom. The highest BCUT2D eigenvalue weighted by atomic mass is 35.5. The molecule has 174 valence electrons. The Morgan fingerprint density at radius 2 is 1.52 bits per heavy atom. The Bertz CT molecular complexity index is 1270. The zero-order valence-electron chi connectivity index (χ0n) is 19.5. The molecule has 0 aliphatic carbocycles. The van der Waals surface area contributed by atoms with Gasteiger partial charge in [0.2, 0.25) is 5.91 Å². The predicted octanol–water partition coefficient (Wildman–Crippen LogP) is 5.65. The first kappa shape index (κ1) is 24.8. The van der Waals surface area contributed by atoms with Gasteiger partial charge in [0.25, 0.3) is 10.0 Å². The number of nitrogens with one attached hydrogen (secondary N) is 1. The molecule has 0 aromatic heterocycles. The van der Waals surface area contributed by atoms with E-state index in [4.69, 9.17) is 11.6 Å². The summed E-state index contributed by atoms with van der Waals surface area (Å²) in [6.07, 6.45) is 0. The summed E-state index contributed by atoms with van der Waals surface area (Å²) in [4.78, 5) is 13.1. The number of amides is 1. The van der Waals surface area contributed by atoms with Crippen molar-refractivity contribution in [3.63, 3.8) is 0 Å². The summed E-state index contributed by atoms with van der Waals surface area (Å²) < 4.78 is 28.2. The van der Waals surface area contributed by atoms with Crippen LogP contribution in [0, 0.1) is 27.7 Å². The van der Waals surface area contributed by atoms with Crippen molar-refractivity contribution in [1.82, 2.24) is 5.32 Å². The highest BCUT2D eigenvalue weighted by molar-refractivity contribution is 7.92. The first-order valence-electron chi connectivity index (χ1n) is 10.7. The number of para-hydroxylation sites is 1. The standard InChI is InChI=1S/C26H29ClN2O3S/c1-17-8-6-7-9-25(17)29(33(31,32)23-12-10-22(27)11-13-23)16-26(30)28-21(5)24-15-19(3)18(2)14-20(24)4/h6-15,21H,16H2,1-5H3,(H,28,30)/t21-/m0/s1. The minimum absolute atomic E-state index is 0.0704. The Morgan fingerprint density at radius 3 is 2.15 bits per heavy atom. The maximum absolute atomic E-state index is 13.5. The van der Waals surface area contributed by atoms with Gasteiger partial charge in [0.15, 0.2) is 0 Å². The van der Waals surface area contributed by atoms with Crippen LogP contribution >= 0.6 is 11.6 Å². The SMILES string of the molecule is Cc1cc(C)c([C@H](C)NC(=O)CN(c2ccccc2C)S(=O)(=O)c2ccc(Cl)cc2)cc1C. The van der Waals surface area contributed by atoms with Crippen LogP contribution in [0.25, 0.3) is 0 Å². The summed E-state index contributed by atoms with van der Waals surface area (Å²) >= 11 is 5.94. The van der Waals surface area contributed by atoms with Crippen LogP contribution in [0.2, 0.25) is 5.02 Å². The molecule has 0 saturated carbocycles. The van der Waals surface area contributed by atoms with Crippen LogP contribution in [0.4, 0.5) is 5.69 Å². The number of benzene rings is 3. The molecule has 3 rings (SSSR count). The number of carbonyl (C=O) groups excluding carboxylic acids is 1. The Hall–Kier alpha value is -2.83. The highest BCUT2D eigenvalue weighted by Crippen LogP contribution is 2.28. The average Bonchev–Trinajstić information content (AvgIpc) is 2.75. The van der Waals surface area contributed by atoms with E-state index < -0.39 is 10.0 Å². The van der Waals surface area contributed by atoms with E-state index in [9.17, 15) is 13.2 Å². The first-order valence-corrected chi connectivity index (χ1v) is 12.5. The summed E-state index contributed by atoms with van der Waals surface area (Å²) in [5.74, 6) is -0.388. The molecule has 5 nitrogen and oxygen atoms in total. The summed E-state index contributed by atoms with van der Waals surface area (Å²) in [5.41, 5.74) is 5.63. The lowest BCUT2D eigenvalue weighted by Gasteiger charge is -2.27. The lowest BCUT2D eigenvalue weighted by molar-refractivity contribution is -0.120. The van der Waals surface area contributed by atoms with E-state index in [1.165, 1.54) is 29.8 Å². The van der Waals surface area contributed by atoms with Crippen LogP contribution in [-0.2, 0) is 14.8 Å². The summed E-state index contributed by atoms with van der Waals surface area (Å²) in [5, 5.41) is 3.41. The van der Waals surface area contributed by atoms with Crippen molar-refractivity contribution in [2.75, 3.05) is 10.8 Å². The predicted molar refractivity (Wildman–Crippen MR) is 134 cm³/mol. The van der Waals surface area contributed by atoms with Crippen LogP contribution < -0.4 is 9.62 Å². The lowest BCUT2D eigenvalue weighted by atomic mass is 9.96. The van der Waals surface area contributed by atoms with Crippen molar-refractivity contribution in [2.45, 2.75) is 45.6 Å². The second kappa shape index (κ2) is 9.98. The molecule has 3 aromatic carbocycles. The van der Waals surface area contributed by atoms with Crippen molar-refractivity contribution in [1.29, 1.82) is 0 Å². The monoisotopic (exact) mass is 484 g/mol. The number of carbonyl (C=O) groups is 1. The van der Waals surface area contributed by atoms with Crippen LogP contribution in [-0.4, -0.2) is 20.9 Å². The molecule has 0 heterocycles. The number of halogens is 1. The van der Waals surface area contributed by atoms with Gasteiger partial charge in [-0.2, -0.15) is 0 Å². The largest absolute Gasteiger partial charge is 0.348 e. The fourth-order valence-corrected chi connectivity index (χ4v) is 5.43. The molecule has 1 amide bonds. The van der Waals surface area contributed by atoms with Crippen molar-refractivity contribution < 1.29 is 13.2 Å². The lowest BCUT2D eigenvalue weighted by Crippen LogP contribution is -2.42. The molecule has 7 heteroatoms. The average molecular weight is 485 g/mol. The number of anilines is 1. The van der Waals surface area contributed by atoms with E-state index in [-0.39, 0.29) is 23.4 Å². The van der Waals surface area contributed by atoms with Gasteiger partial charge in [-0.25, -0.2) is 8.42 Å². The molecule has 1 N–H and O–H groups in total. The second-order valence-corrected chi connectivity index (χ2v) is 10.6. The molecule has 33 heavy (non-hydrogen) atoms. The van der Waals surface area contributed by atoms with Crippen molar-refractivity contribution >= 4 is 33.2 Å². The number of aryl methyl sites for hydroxylation is 4. The van der Waals surface area contributed by atoms with Crippen LogP contribution in [0.15, 0.2) is 65.6 Å². The van der Waals surface area contributed by atoms with Gasteiger partial charge in [0.05, 0.1) is 16.6 Å². The second-order valence-electron chi connectivity index (χ2n) is 8.33. The van der Waals surface area contributed by atoms with E-state index in [0.29, 0.717) is 10.7 Å². The van der Waals surface area contributed by atoms with E-state index in [2.05, 4.69) is 24.4 Å². The third-order valence-electron chi connectivity index (χ3n) is 5.80. The number of nitrogens with zero attached hydrogens (tertiary/aromatic N) is 1. The van der Waals surface area contributed by atoms with Gasteiger partial charge >= 0.3 is 0 Å². The van der Waals surface area contributed by atoms with Crippen LogP contribution in [0.5, 0.6) is 0 Å². The topological polar surface area (TPSA) is 66.5 Å². The molecule has 0 unspecified atom stereocenters. The molecular formula is C26H29ClN2O3S. The smallest absolute Gasteiger partial charge is 0.264 e. The van der Waals surface area contributed by atoms with Crippen LogP contribution in [0.1, 0.15) is 40.8 Å². The van der Waals surface area contributed by atoms with Crippen molar-refractivity contribution in [3.05, 3.63) is 93.5 Å². The number of hydrogen-bond acceptors (Lipinski definition) is 3. The Kier molecular flexibility index (Phi) is 7.50. The Balaban J connectivity index is 1.92. The maximum atomic E-state index is 13.5. The van der Waals surface area contributed by atoms with Crippen molar-refractivity contribution in [2.24, 2.45) is 0 Å². The number of rotatable bonds is 7. The third-order valence-corrected chi connectivity index (χ3v) is 7.83. The Labute approximate surface area is 201 Å². The van der Waals surface area contributed by atoms with E-state index in [1.54, 1.807) is 12.1 Å². The van der Waals surface area contributed by atoms with Crippen molar-refractivity contribution in [3.8, 4) is 0 Å². The van der Waals surface area contributed by atoms with Gasteiger partial charge in [-0.15, -0.1) is 0 Å². The molecule has 0 bridgehead atoms. The normalized spacial score (nSPS) is 12.3. The number of sulfonamides is 1. The summed E-state index contributed by atoms with van der Waals surface area (Å²) in [6.45, 7) is 9.47. The molecule has 1 atom stereocenters. The molecule has 0 saturated heterocycles. The van der Waals surface area contributed by atoms with E-state index >= 15 is 0 Å². The zero-order chi connectivity index (χ0) is 24.3. The van der Waals surface area contributed by atoms with Gasteiger partial charge in [-0.1, -0.05) is 41.9 Å². The molecule has 0 radical (unpaired) electrons.